The molecule has 0 saturated carbocycles. The molecule has 9 heteroatoms. The van der Waals surface area contributed by atoms with Gasteiger partial charge in [-0.15, -0.1) is 0 Å². The minimum absolute atomic E-state index is 0.00543. The molecule has 6 nitrogen and oxygen atoms in total. The van der Waals surface area contributed by atoms with Crippen molar-refractivity contribution < 1.29 is 18.0 Å². The van der Waals surface area contributed by atoms with Gasteiger partial charge in [-0.05, 0) is 36.8 Å². The molecule has 1 aromatic carbocycles. The van der Waals surface area contributed by atoms with Crippen LogP contribution in [0.2, 0.25) is 0 Å². The third-order valence-corrected chi connectivity index (χ3v) is 5.67. The van der Waals surface area contributed by atoms with Gasteiger partial charge in [-0.1, -0.05) is 18.2 Å². The summed E-state index contributed by atoms with van der Waals surface area (Å²) in [6.45, 7) is 1.07. The molecule has 0 aliphatic carbocycles. The molecule has 150 valence electrons. The Morgan fingerprint density at radius 3 is 2.93 bits per heavy atom. The van der Waals surface area contributed by atoms with Gasteiger partial charge < -0.3 is 10.2 Å². The molecule has 28 heavy (non-hydrogen) atoms. The van der Waals surface area contributed by atoms with Gasteiger partial charge in [-0.25, -0.2) is 17.9 Å². The summed E-state index contributed by atoms with van der Waals surface area (Å²) in [5.41, 5.74) is 0.372. The van der Waals surface area contributed by atoms with Gasteiger partial charge in [0.1, 0.15) is 18.2 Å². The highest BCUT2D eigenvalue weighted by Gasteiger charge is 2.39. The standard InChI is InChI=1S/C19H22F3N5O/c20-14-6-2-1-4-12(14)8-17(28)26-7-3-5-13(10-26)15-9-16(18(21)22)27-19(25-15)23-11-24-27/h1-2,4,6,11,13,15-16,18H,3,5,7-10H2,(H,23,24,25)/t13?,15-,16+/m0/s1. The van der Waals surface area contributed by atoms with Crippen molar-refractivity contribution in [2.24, 2.45) is 5.92 Å². The monoisotopic (exact) mass is 393 g/mol. The Balaban J connectivity index is 1.44. The van der Waals surface area contributed by atoms with Crippen LogP contribution in [0.4, 0.5) is 19.1 Å². The van der Waals surface area contributed by atoms with Crippen LogP contribution in [0, 0.1) is 11.7 Å². The van der Waals surface area contributed by atoms with E-state index in [0.717, 1.165) is 12.8 Å². The molecule has 2 aliphatic heterocycles. The first-order chi connectivity index (χ1) is 13.5. The van der Waals surface area contributed by atoms with Crippen molar-refractivity contribution in [3.8, 4) is 0 Å². The van der Waals surface area contributed by atoms with Gasteiger partial charge in [0, 0.05) is 19.1 Å². The summed E-state index contributed by atoms with van der Waals surface area (Å²) in [5.74, 6) is -0.155. The molecule has 0 spiro atoms. The molecule has 4 rings (SSSR count). The maximum absolute atomic E-state index is 13.8. The molecule has 1 unspecified atom stereocenters. The van der Waals surface area contributed by atoms with Crippen LogP contribution >= 0.6 is 0 Å². The summed E-state index contributed by atoms with van der Waals surface area (Å²) >= 11 is 0. The molecule has 1 aromatic heterocycles. The molecule has 3 atom stereocenters. The van der Waals surface area contributed by atoms with Crippen LogP contribution in [0.1, 0.15) is 30.9 Å². The van der Waals surface area contributed by atoms with E-state index >= 15 is 0 Å². The summed E-state index contributed by atoms with van der Waals surface area (Å²) in [6, 6.07) is 5.02. The predicted octanol–water partition coefficient (Wildman–Crippen LogP) is 2.89. The van der Waals surface area contributed by atoms with Gasteiger partial charge >= 0.3 is 0 Å². The number of rotatable bonds is 4. The quantitative estimate of drug-likeness (QED) is 0.868. The fourth-order valence-electron chi connectivity index (χ4n) is 4.18. The predicted molar refractivity (Wildman–Crippen MR) is 96.5 cm³/mol. The van der Waals surface area contributed by atoms with Crippen molar-refractivity contribution >= 4 is 11.9 Å². The Bertz CT molecular complexity index is 842. The first-order valence-corrected chi connectivity index (χ1v) is 9.48. The highest BCUT2D eigenvalue weighted by Crippen LogP contribution is 2.35. The molecule has 1 saturated heterocycles. The van der Waals surface area contributed by atoms with Crippen LogP contribution in [0.15, 0.2) is 30.6 Å². The summed E-state index contributed by atoms with van der Waals surface area (Å²) < 4.78 is 42.1. The van der Waals surface area contributed by atoms with Gasteiger partial charge in [0.25, 0.3) is 6.43 Å². The van der Waals surface area contributed by atoms with E-state index in [4.69, 9.17) is 0 Å². The van der Waals surface area contributed by atoms with Crippen LogP contribution in [0.5, 0.6) is 0 Å². The molecule has 2 aromatic rings. The first-order valence-electron chi connectivity index (χ1n) is 9.48. The number of likely N-dealkylation sites (tertiary alicyclic amines) is 1. The van der Waals surface area contributed by atoms with Crippen LogP contribution in [-0.4, -0.2) is 51.1 Å². The zero-order valence-electron chi connectivity index (χ0n) is 15.3. The first kappa shape index (κ1) is 18.8. The summed E-state index contributed by atoms with van der Waals surface area (Å²) in [6.07, 6.45) is 0.598. The number of halogens is 3. The zero-order valence-corrected chi connectivity index (χ0v) is 15.3. The number of piperidine rings is 1. The Morgan fingerprint density at radius 1 is 1.32 bits per heavy atom. The fraction of sp³-hybridized carbons (Fsp3) is 0.526. The second-order valence-electron chi connectivity index (χ2n) is 7.43. The van der Waals surface area contributed by atoms with Gasteiger partial charge in [0.05, 0.1) is 6.42 Å². The Morgan fingerprint density at radius 2 is 2.14 bits per heavy atom. The Kier molecular flexibility index (Phi) is 5.23. The normalized spacial score (nSPS) is 24.7. The van der Waals surface area contributed by atoms with E-state index in [2.05, 4.69) is 15.4 Å². The van der Waals surface area contributed by atoms with Crippen molar-refractivity contribution in [1.29, 1.82) is 0 Å². The smallest absolute Gasteiger partial charge is 0.260 e. The van der Waals surface area contributed by atoms with Crippen molar-refractivity contribution in [3.63, 3.8) is 0 Å². The molecule has 1 amide bonds. The van der Waals surface area contributed by atoms with E-state index in [9.17, 15) is 18.0 Å². The SMILES string of the molecule is O=C(Cc1ccccc1F)N1CCCC([C@@H]2C[C@H](C(F)F)n3ncnc3N2)C1. The topological polar surface area (TPSA) is 63.1 Å². The van der Waals surface area contributed by atoms with Crippen molar-refractivity contribution in [2.45, 2.75) is 44.2 Å². The largest absolute Gasteiger partial charge is 0.351 e. The zero-order chi connectivity index (χ0) is 19.7. The van der Waals surface area contributed by atoms with E-state index in [1.165, 1.54) is 17.1 Å². The lowest BCUT2D eigenvalue weighted by atomic mass is 9.86. The van der Waals surface area contributed by atoms with E-state index < -0.39 is 18.3 Å². The molecular formula is C19H22F3N5O. The number of aromatic nitrogens is 3. The number of anilines is 1. The Labute approximate surface area is 160 Å². The lowest BCUT2D eigenvalue weighted by Crippen LogP contribution is -2.48. The minimum atomic E-state index is -2.53. The lowest BCUT2D eigenvalue weighted by molar-refractivity contribution is -0.132. The molecule has 2 aliphatic rings. The average molecular weight is 393 g/mol. The summed E-state index contributed by atoms with van der Waals surface area (Å²) in [7, 11) is 0. The maximum atomic E-state index is 13.8. The molecule has 1 fully saturated rings. The molecular weight excluding hydrogens is 371 g/mol. The molecule has 3 heterocycles. The maximum Gasteiger partial charge on any atom is 0.260 e. The van der Waals surface area contributed by atoms with Gasteiger partial charge in [-0.2, -0.15) is 10.1 Å². The van der Waals surface area contributed by atoms with Crippen LogP contribution in [0.3, 0.4) is 0 Å². The number of amides is 1. The van der Waals surface area contributed by atoms with Crippen LogP contribution < -0.4 is 5.32 Å². The Hall–Kier alpha value is -2.58. The third kappa shape index (κ3) is 3.70. The average Bonchev–Trinajstić information content (AvgIpc) is 3.17. The summed E-state index contributed by atoms with van der Waals surface area (Å²) in [5, 5.41) is 7.11. The van der Waals surface area contributed by atoms with E-state index in [1.54, 1.807) is 23.1 Å². The van der Waals surface area contributed by atoms with E-state index in [-0.39, 0.29) is 30.7 Å². The number of hydrogen-bond acceptors (Lipinski definition) is 4. The highest BCUT2D eigenvalue weighted by molar-refractivity contribution is 5.79. The number of benzene rings is 1. The van der Waals surface area contributed by atoms with Crippen molar-refractivity contribution in [2.75, 3.05) is 18.4 Å². The molecule has 0 bridgehead atoms. The molecule has 0 radical (unpaired) electrons. The van der Waals surface area contributed by atoms with Crippen LogP contribution in [0.25, 0.3) is 0 Å². The summed E-state index contributed by atoms with van der Waals surface area (Å²) in [4.78, 5) is 18.4. The van der Waals surface area contributed by atoms with Crippen molar-refractivity contribution in [1.82, 2.24) is 19.7 Å². The third-order valence-electron chi connectivity index (χ3n) is 5.67. The number of alkyl halides is 2. The van der Waals surface area contributed by atoms with E-state index in [0.29, 0.717) is 24.6 Å². The van der Waals surface area contributed by atoms with Gasteiger partial charge in [0.2, 0.25) is 11.9 Å². The highest BCUT2D eigenvalue weighted by atomic mass is 19.3. The number of hydrogen-bond donors (Lipinski definition) is 1. The molecule has 1 N–H and O–H groups in total. The number of carbonyl (C=O) groups is 1. The number of nitrogens with zero attached hydrogens (tertiary/aromatic N) is 4. The number of carbonyl (C=O) groups excluding carboxylic acids is 1. The van der Waals surface area contributed by atoms with E-state index in [1.807, 2.05) is 0 Å². The van der Waals surface area contributed by atoms with Crippen LogP contribution in [-0.2, 0) is 11.2 Å². The lowest BCUT2D eigenvalue weighted by Gasteiger charge is -2.40. The number of fused-ring (bicyclic) bond motifs is 1. The van der Waals surface area contributed by atoms with Crippen molar-refractivity contribution in [3.05, 3.63) is 42.0 Å². The van der Waals surface area contributed by atoms with Gasteiger partial charge in [-0.3, -0.25) is 4.79 Å². The second kappa shape index (κ2) is 7.81. The van der Waals surface area contributed by atoms with Gasteiger partial charge in [0.15, 0.2) is 0 Å². The fourth-order valence-corrected chi connectivity index (χ4v) is 4.18. The minimum Gasteiger partial charge on any atom is -0.351 e. The second-order valence-corrected chi connectivity index (χ2v) is 7.43. The number of nitrogens with one attached hydrogen (secondary N) is 1.